The van der Waals surface area contributed by atoms with Crippen LogP contribution in [-0.2, 0) is 47.3 Å². The molecule has 0 N–H and O–H groups in total. The molecule has 63 heavy (non-hydrogen) atoms. The Morgan fingerprint density at radius 3 is 1.57 bits per heavy atom. The first-order chi connectivity index (χ1) is 27.7. The van der Waals surface area contributed by atoms with E-state index in [1.807, 2.05) is 0 Å². The van der Waals surface area contributed by atoms with E-state index in [4.69, 9.17) is 41.2 Å². The van der Waals surface area contributed by atoms with Crippen molar-refractivity contribution in [1.29, 1.82) is 0 Å². The van der Waals surface area contributed by atoms with Crippen molar-refractivity contribution >= 4 is 110 Å². The summed E-state index contributed by atoms with van der Waals surface area (Å²) >= 11 is 0. The third-order valence-corrected chi connectivity index (χ3v) is 45.8. The lowest BCUT2D eigenvalue weighted by molar-refractivity contribution is -0.137. The average Bonchev–Trinajstić information content (AvgIpc) is 2.98. The summed E-state index contributed by atoms with van der Waals surface area (Å²) in [6.07, 6.45) is -5.00. The van der Waals surface area contributed by atoms with Crippen LogP contribution in [0.1, 0.15) is 5.56 Å². The molecule has 360 valence electrons. The molecule has 6 unspecified atom stereocenters. The van der Waals surface area contributed by atoms with Crippen molar-refractivity contribution in [3.8, 4) is 0 Å². The van der Waals surface area contributed by atoms with Gasteiger partial charge in [0.15, 0.2) is 16.6 Å². The maximum atomic E-state index is 17.7. The van der Waals surface area contributed by atoms with Crippen LogP contribution in [0.25, 0.3) is 0 Å². The third kappa shape index (κ3) is 13.5. The fourth-order valence-corrected chi connectivity index (χ4v) is 52.1. The summed E-state index contributed by atoms with van der Waals surface area (Å²) in [5, 5.41) is -1.07. The Labute approximate surface area is 375 Å². The normalized spacial score (nSPS) is 32.0. The van der Waals surface area contributed by atoms with Gasteiger partial charge < -0.3 is 41.2 Å². The summed E-state index contributed by atoms with van der Waals surface area (Å²) < 4.78 is 222. The van der Waals surface area contributed by atoms with Crippen molar-refractivity contribution in [3.63, 3.8) is 0 Å². The first-order valence-corrected chi connectivity index (χ1v) is 48.0. The van der Waals surface area contributed by atoms with E-state index in [9.17, 15) is 13.2 Å². The first kappa shape index (κ1) is 55.3. The molecule has 2 bridgehead atoms. The van der Waals surface area contributed by atoms with Crippen LogP contribution >= 0.6 is 0 Å². The second-order valence-corrected chi connectivity index (χ2v) is 59.4. The smallest absolute Gasteiger partial charge is 0.413 e. The molecule has 31 heteroatoms. The monoisotopic (exact) mass is 1100 g/mol. The van der Waals surface area contributed by atoms with Gasteiger partial charge in [0.05, 0.1) is 13.6 Å². The minimum absolute atomic E-state index is 0.277. The molecule has 2 heterocycles. The molecule has 0 aromatic heterocycles. The van der Waals surface area contributed by atoms with Crippen LogP contribution in [0, 0.1) is 0 Å². The largest absolute Gasteiger partial charge is 0.521 e. The highest BCUT2D eigenvalue weighted by Crippen LogP contribution is 2.46. The lowest BCUT2D eigenvalue weighted by atomic mass is 10.2. The highest BCUT2D eigenvalue weighted by molar-refractivity contribution is 7.03. The quantitative estimate of drug-likeness (QED) is 0.130. The molecule has 1 saturated heterocycles. The predicted octanol–water partition coefficient (Wildman–Crippen LogP) is 9.38. The molecule has 2 aliphatic heterocycles. The third-order valence-electron chi connectivity index (χ3n) is 8.74. The lowest BCUT2D eigenvalue weighted by Crippen LogP contribution is -2.82. The lowest BCUT2D eigenvalue weighted by Gasteiger charge is -2.52. The van der Waals surface area contributed by atoms with Gasteiger partial charge in [0, 0.05) is 28.2 Å². The topological polar surface area (TPSA) is 92.3 Å². The zero-order valence-electron chi connectivity index (χ0n) is 38.2. The van der Waals surface area contributed by atoms with E-state index in [-0.39, 0.29) is 10.4 Å². The van der Waals surface area contributed by atoms with Crippen LogP contribution in [0.2, 0.25) is 111 Å². The van der Waals surface area contributed by atoms with Crippen LogP contribution in [0.5, 0.6) is 0 Å². The fourth-order valence-electron chi connectivity index (χ4n) is 6.87. The van der Waals surface area contributed by atoms with E-state index in [2.05, 4.69) is 0 Å². The molecule has 4 rings (SSSR count). The molecule has 2 aromatic rings. The summed E-state index contributed by atoms with van der Waals surface area (Å²) in [5.41, 5.74) is -5.21. The second kappa shape index (κ2) is 17.3. The van der Waals surface area contributed by atoms with E-state index < -0.39 is 129 Å². The molecular weight excluding hydrogens is 1040 g/mol. The van der Waals surface area contributed by atoms with Crippen molar-refractivity contribution in [1.82, 2.24) is 0 Å². The maximum absolute atomic E-state index is 17.7. The van der Waals surface area contributed by atoms with Gasteiger partial charge in [-0.05, 0) is 90.7 Å². The molecule has 0 radical (unpaired) electrons. The number of hydrogen-bond donors (Lipinski definition) is 0. The summed E-state index contributed by atoms with van der Waals surface area (Å²) in [6.45, 7) is 21.2. The number of benzene rings is 2. The molecule has 1 spiro atoms. The zero-order chi connectivity index (χ0) is 48.7. The van der Waals surface area contributed by atoms with Crippen LogP contribution in [0.15, 0.2) is 48.5 Å². The summed E-state index contributed by atoms with van der Waals surface area (Å²) in [5.74, 6) is -5.30. The van der Waals surface area contributed by atoms with Crippen LogP contribution < -0.4 is 15.6 Å². The Balaban J connectivity index is 2.30. The Hall–Kier alpha value is -0.274. The van der Waals surface area contributed by atoms with Crippen molar-refractivity contribution in [2.75, 3.05) is 0 Å². The number of fused-ring (bicyclic) bond motifs is 3. The van der Waals surface area contributed by atoms with E-state index in [1.54, 1.807) is 58.9 Å². The molecule has 0 aliphatic carbocycles. The maximum Gasteiger partial charge on any atom is 0.521 e. The predicted molar refractivity (Wildman–Crippen MR) is 243 cm³/mol. The van der Waals surface area contributed by atoms with E-state index >= 15 is 30.2 Å². The van der Waals surface area contributed by atoms with Gasteiger partial charge in [0.1, 0.15) is 0 Å². The molecule has 2 aliphatic rings. The number of hydrogen-bond acceptors (Lipinski definition) is 10. The minimum Gasteiger partial charge on any atom is -0.413 e. The van der Waals surface area contributed by atoms with Gasteiger partial charge in [-0.1, -0.05) is 56.0 Å². The average molecular weight is 1100 g/mol. The van der Waals surface area contributed by atoms with E-state index in [0.29, 0.717) is 12.6 Å². The standard InChI is InChI=1S/C32H58F10O10Si11/c1-53(2,3)25-30(33,34)58(14)48-60(16,42)51-63(52-62(49-58,44-55(7,8)9)27-20-17-19-26(23-27)31(35,36)37)29-22-18-21-28(24-29)61(43-54(4,5)6,45-56(10,11)41)50-59(15,32(38,39)40)46-57(12,13)47-63/h17-24H,25H2,1-16H3. The second-order valence-electron chi connectivity index (χ2n) is 20.0. The Morgan fingerprint density at radius 2 is 1.08 bits per heavy atom. The number of rotatable bonds is 10. The van der Waals surface area contributed by atoms with Crippen LogP contribution in [-0.4, -0.2) is 106 Å². The highest BCUT2D eigenvalue weighted by atomic mass is 28.6. The Morgan fingerprint density at radius 1 is 0.556 bits per heavy atom. The van der Waals surface area contributed by atoms with Crippen molar-refractivity contribution in [2.45, 2.75) is 128 Å². The molecule has 0 amide bonds. The summed E-state index contributed by atoms with van der Waals surface area (Å²) in [7, 11) is -51.7. The van der Waals surface area contributed by atoms with Gasteiger partial charge >= 0.3 is 81.6 Å². The Kier molecular flexibility index (Phi) is 15.2. The molecule has 0 saturated carbocycles. The van der Waals surface area contributed by atoms with Crippen molar-refractivity contribution in [2.24, 2.45) is 0 Å². The van der Waals surface area contributed by atoms with Gasteiger partial charge in [-0.2, -0.15) is 26.3 Å². The molecular formula is C32H58F10O10Si11. The van der Waals surface area contributed by atoms with Crippen LogP contribution in [0.4, 0.5) is 43.3 Å². The van der Waals surface area contributed by atoms with Gasteiger partial charge in [-0.25, -0.2) is 12.9 Å². The zero-order valence-corrected chi connectivity index (χ0v) is 49.2. The first-order valence-electron chi connectivity index (χ1n) is 19.8. The molecule has 1 fully saturated rings. The molecule has 2 aromatic carbocycles. The summed E-state index contributed by atoms with van der Waals surface area (Å²) in [6, 6.07) is 7.55. The van der Waals surface area contributed by atoms with Crippen LogP contribution in [0.3, 0.4) is 0 Å². The van der Waals surface area contributed by atoms with E-state index in [0.717, 1.165) is 63.5 Å². The van der Waals surface area contributed by atoms with Gasteiger partial charge in [0.25, 0.3) is 5.55 Å². The summed E-state index contributed by atoms with van der Waals surface area (Å²) in [4.78, 5) is 0. The van der Waals surface area contributed by atoms with Crippen molar-refractivity contribution in [3.05, 3.63) is 54.1 Å². The van der Waals surface area contributed by atoms with Crippen molar-refractivity contribution < 1.29 is 84.5 Å². The Bertz CT molecular complexity index is 1960. The fraction of sp³-hybridized carbons (Fsp3) is 0.625. The molecule has 10 nitrogen and oxygen atoms in total. The van der Waals surface area contributed by atoms with E-state index in [1.165, 1.54) is 18.2 Å². The SMILES string of the molecule is C[Si](C)(C)CC(F)(F)[Si]1(C)O[Si](C)(F)O[Si]2(O[Si](C)(C)O[Si](C)(C(F)(F)F)O[Si](O[Si](C)(C)C)(O[Si](C)(C)F)c3cccc2c3)O[Si](O[Si](C)(C)C)(c2cccc(C(F)(F)F)c2)O1. The highest BCUT2D eigenvalue weighted by Gasteiger charge is 2.75. The molecule has 6 atom stereocenters. The van der Waals surface area contributed by atoms with Gasteiger partial charge in [0.2, 0.25) is 0 Å². The van der Waals surface area contributed by atoms with Gasteiger partial charge in [-0.3, -0.25) is 4.11 Å². The van der Waals surface area contributed by atoms with Gasteiger partial charge in [-0.15, -0.1) is 0 Å². The number of alkyl halides is 8. The minimum atomic E-state index is -5.81. The number of halogens is 10.